The van der Waals surface area contributed by atoms with Gasteiger partial charge in [0.05, 0.1) is 18.2 Å². The van der Waals surface area contributed by atoms with Gasteiger partial charge in [0.15, 0.2) is 18.7 Å². The summed E-state index contributed by atoms with van der Waals surface area (Å²) in [6.45, 7) is 2.25. The first kappa shape index (κ1) is 24.3. The molecule has 0 amide bonds. The second-order valence-electron chi connectivity index (χ2n) is 9.18. The summed E-state index contributed by atoms with van der Waals surface area (Å²) in [5, 5.41) is 0.573. The zero-order chi connectivity index (χ0) is 24.6. The third-order valence-electron chi connectivity index (χ3n) is 7.04. The Balaban J connectivity index is 1.21. The van der Waals surface area contributed by atoms with E-state index in [1.54, 1.807) is 6.08 Å². The zero-order valence-corrected chi connectivity index (χ0v) is 20.9. The summed E-state index contributed by atoms with van der Waals surface area (Å²) in [7, 11) is 0. The molecule has 0 aromatic heterocycles. The van der Waals surface area contributed by atoms with Crippen LogP contribution in [0.15, 0.2) is 42.5 Å². The number of fused-ring (bicyclic) bond motifs is 3. The van der Waals surface area contributed by atoms with E-state index in [1.165, 1.54) is 0 Å². The summed E-state index contributed by atoms with van der Waals surface area (Å²) in [5.74, 6) is -0.123. The fourth-order valence-electron chi connectivity index (χ4n) is 5.16. The highest BCUT2D eigenvalue weighted by Crippen LogP contribution is 2.57. The Bertz CT molecular complexity index is 1170. The molecule has 184 valence electrons. The molecule has 1 saturated heterocycles. The van der Waals surface area contributed by atoms with Crippen LogP contribution in [0.1, 0.15) is 49.2 Å². The van der Waals surface area contributed by atoms with Crippen molar-refractivity contribution in [1.82, 2.24) is 0 Å². The first-order valence-corrected chi connectivity index (χ1v) is 12.5. The van der Waals surface area contributed by atoms with E-state index in [0.717, 1.165) is 41.5 Å². The van der Waals surface area contributed by atoms with Crippen molar-refractivity contribution < 1.29 is 28.5 Å². The van der Waals surface area contributed by atoms with Crippen molar-refractivity contribution in [2.75, 3.05) is 19.8 Å². The number of halogens is 2. The number of ether oxygens (including phenoxy) is 4. The highest BCUT2D eigenvalue weighted by Gasteiger charge is 2.44. The fraction of sp³-hybridized carbons (Fsp3) is 0.407. The number of allylic oxidation sites excluding steroid dienone is 2. The molecule has 0 bridgehead atoms. The molecular weight excluding hydrogens is 491 g/mol. The van der Waals surface area contributed by atoms with Crippen molar-refractivity contribution >= 4 is 40.5 Å². The highest BCUT2D eigenvalue weighted by atomic mass is 35.5. The van der Waals surface area contributed by atoms with Crippen molar-refractivity contribution in [3.05, 3.63) is 69.2 Å². The van der Waals surface area contributed by atoms with Crippen molar-refractivity contribution in [2.24, 2.45) is 5.41 Å². The lowest BCUT2D eigenvalue weighted by molar-refractivity contribution is -0.230. The van der Waals surface area contributed by atoms with Crippen molar-refractivity contribution in [3.8, 4) is 5.75 Å². The normalized spacial score (nSPS) is 25.5. The lowest BCUT2D eigenvalue weighted by Crippen LogP contribution is -2.36. The smallest absolute Gasteiger partial charge is 0.344 e. The molecule has 0 saturated carbocycles. The topological polar surface area (TPSA) is 71.1 Å². The van der Waals surface area contributed by atoms with E-state index in [1.807, 2.05) is 36.4 Å². The van der Waals surface area contributed by atoms with Crippen LogP contribution >= 0.6 is 23.2 Å². The number of hydrogen-bond donors (Lipinski definition) is 0. The van der Waals surface area contributed by atoms with Crippen LogP contribution in [0.3, 0.4) is 0 Å². The average Bonchev–Trinajstić information content (AvgIpc) is 3.20. The SMILES string of the molecule is CCC12CCC(=O)C=C1c1c(cc(OCC(=O)OC3COC(c4ccccc4)OC3)c(Cl)c1Cl)C2. The average molecular weight is 517 g/mol. The summed E-state index contributed by atoms with van der Waals surface area (Å²) in [6, 6.07) is 11.4. The molecule has 5 rings (SSSR count). The van der Waals surface area contributed by atoms with E-state index in [-0.39, 0.29) is 36.0 Å². The van der Waals surface area contributed by atoms with Gasteiger partial charge in [0.2, 0.25) is 0 Å². The van der Waals surface area contributed by atoms with Crippen molar-refractivity contribution in [3.63, 3.8) is 0 Å². The standard InChI is InChI=1S/C27H26Cl2O6/c1-2-27-9-8-18(30)11-20(27)23-17(12-27)10-21(24(28)25(23)29)32-15-22(31)35-19-13-33-26(34-14-19)16-6-4-3-5-7-16/h3-7,10-11,19,26H,2,8-9,12-15H2,1H3. The molecule has 35 heavy (non-hydrogen) atoms. The quantitative estimate of drug-likeness (QED) is 0.456. The number of carbonyl (C=O) groups excluding carboxylic acids is 2. The van der Waals surface area contributed by atoms with Crippen LogP contribution in [0, 0.1) is 5.41 Å². The molecule has 1 heterocycles. The number of ketones is 1. The second kappa shape index (κ2) is 9.94. The lowest BCUT2D eigenvalue weighted by Gasteiger charge is -2.32. The maximum absolute atomic E-state index is 12.4. The highest BCUT2D eigenvalue weighted by molar-refractivity contribution is 6.44. The largest absolute Gasteiger partial charge is 0.480 e. The van der Waals surface area contributed by atoms with E-state index >= 15 is 0 Å². The molecule has 1 aliphatic heterocycles. The number of hydrogen-bond acceptors (Lipinski definition) is 6. The third-order valence-corrected chi connectivity index (χ3v) is 7.89. The van der Waals surface area contributed by atoms with Gasteiger partial charge in [-0.15, -0.1) is 0 Å². The van der Waals surface area contributed by atoms with Gasteiger partial charge in [-0.1, -0.05) is 60.5 Å². The van der Waals surface area contributed by atoms with Gasteiger partial charge < -0.3 is 18.9 Å². The molecule has 1 fully saturated rings. The Morgan fingerprint density at radius 2 is 1.89 bits per heavy atom. The first-order valence-electron chi connectivity index (χ1n) is 11.8. The first-order chi connectivity index (χ1) is 16.9. The lowest BCUT2D eigenvalue weighted by atomic mass is 9.71. The second-order valence-corrected chi connectivity index (χ2v) is 9.94. The van der Waals surface area contributed by atoms with Gasteiger partial charge in [0.25, 0.3) is 0 Å². The van der Waals surface area contributed by atoms with Crippen LogP contribution in [0.4, 0.5) is 0 Å². The van der Waals surface area contributed by atoms with Crippen LogP contribution in [0.5, 0.6) is 5.75 Å². The van der Waals surface area contributed by atoms with E-state index < -0.39 is 18.4 Å². The van der Waals surface area contributed by atoms with Gasteiger partial charge in [0.1, 0.15) is 16.9 Å². The predicted molar refractivity (Wildman–Crippen MR) is 132 cm³/mol. The summed E-state index contributed by atoms with van der Waals surface area (Å²) in [4.78, 5) is 24.5. The Labute approximate surface area is 214 Å². The summed E-state index contributed by atoms with van der Waals surface area (Å²) >= 11 is 13.2. The van der Waals surface area contributed by atoms with Gasteiger partial charge in [-0.2, -0.15) is 0 Å². The number of rotatable bonds is 6. The van der Waals surface area contributed by atoms with E-state index in [9.17, 15) is 9.59 Å². The Morgan fingerprint density at radius 3 is 2.60 bits per heavy atom. The minimum absolute atomic E-state index is 0.109. The maximum Gasteiger partial charge on any atom is 0.344 e. The predicted octanol–water partition coefficient (Wildman–Crippen LogP) is 5.73. The number of benzene rings is 2. The van der Waals surface area contributed by atoms with Gasteiger partial charge in [-0.05, 0) is 42.5 Å². The molecule has 2 aromatic carbocycles. The number of carbonyl (C=O) groups is 2. The summed E-state index contributed by atoms with van der Waals surface area (Å²) in [6.07, 6.45) is 3.69. The maximum atomic E-state index is 12.4. The molecule has 1 atom stereocenters. The van der Waals surface area contributed by atoms with Crippen molar-refractivity contribution in [1.29, 1.82) is 0 Å². The number of esters is 1. The van der Waals surface area contributed by atoms with E-state index in [4.69, 9.17) is 42.1 Å². The monoisotopic (exact) mass is 516 g/mol. The molecular formula is C27H26Cl2O6. The molecule has 2 aromatic rings. The summed E-state index contributed by atoms with van der Waals surface area (Å²) < 4.78 is 22.5. The minimum atomic E-state index is -0.556. The van der Waals surface area contributed by atoms with Crippen LogP contribution < -0.4 is 4.74 Å². The van der Waals surface area contributed by atoms with E-state index in [2.05, 4.69) is 6.92 Å². The van der Waals surface area contributed by atoms with Crippen LogP contribution in [0.2, 0.25) is 10.0 Å². The Kier molecular flexibility index (Phi) is 6.91. The van der Waals surface area contributed by atoms with Gasteiger partial charge >= 0.3 is 5.97 Å². The molecule has 1 unspecified atom stereocenters. The minimum Gasteiger partial charge on any atom is -0.480 e. The molecule has 6 nitrogen and oxygen atoms in total. The Morgan fingerprint density at radius 1 is 1.14 bits per heavy atom. The van der Waals surface area contributed by atoms with Gasteiger partial charge in [-0.25, -0.2) is 4.79 Å². The van der Waals surface area contributed by atoms with Gasteiger partial charge in [-0.3, -0.25) is 4.79 Å². The Hall–Kier alpha value is -2.38. The van der Waals surface area contributed by atoms with Crippen LogP contribution in [-0.2, 0) is 30.2 Å². The zero-order valence-electron chi connectivity index (χ0n) is 19.4. The van der Waals surface area contributed by atoms with Crippen molar-refractivity contribution in [2.45, 2.75) is 45.0 Å². The third kappa shape index (κ3) is 4.73. The fourth-order valence-corrected chi connectivity index (χ4v) is 5.68. The molecule has 8 heteroatoms. The van der Waals surface area contributed by atoms with E-state index in [0.29, 0.717) is 17.2 Å². The van der Waals surface area contributed by atoms with Crippen LogP contribution in [0.25, 0.3) is 5.57 Å². The van der Waals surface area contributed by atoms with Crippen LogP contribution in [-0.4, -0.2) is 37.7 Å². The summed E-state index contributed by atoms with van der Waals surface area (Å²) in [5.41, 5.74) is 3.57. The van der Waals surface area contributed by atoms with Gasteiger partial charge in [0, 0.05) is 23.0 Å². The molecule has 3 aliphatic rings. The molecule has 2 aliphatic carbocycles. The molecule has 0 N–H and O–H groups in total. The molecule has 0 radical (unpaired) electrons. The molecule has 0 spiro atoms.